The van der Waals surface area contributed by atoms with Crippen LogP contribution in [-0.2, 0) is 0 Å². The summed E-state index contributed by atoms with van der Waals surface area (Å²) in [6.07, 6.45) is 0.812. The number of rotatable bonds is 6. The molecule has 0 bridgehead atoms. The van der Waals surface area contributed by atoms with Crippen molar-refractivity contribution in [3.63, 3.8) is 0 Å². The molecule has 0 spiro atoms. The molecule has 4 heteroatoms. The van der Waals surface area contributed by atoms with Crippen molar-refractivity contribution in [1.82, 2.24) is 10.5 Å². The first-order valence-electron chi connectivity index (χ1n) is 8.05. The Bertz CT molecular complexity index is 742. The highest BCUT2D eigenvalue weighted by atomic mass is 16.5. The lowest BCUT2D eigenvalue weighted by atomic mass is 9.88. The lowest BCUT2D eigenvalue weighted by Gasteiger charge is -2.18. The van der Waals surface area contributed by atoms with Crippen LogP contribution >= 0.6 is 0 Å². The second-order valence-electron chi connectivity index (χ2n) is 5.75. The Kier molecular flexibility index (Phi) is 5.06. The average molecular weight is 320 g/mol. The van der Waals surface area contributed by atoms with E-state index in [1.807, 2.05) is 36.4 Å². The van der Waals surface area contributed by atoms with Crippen molar-refractivity contribution in [1.29, 1.82) is 0 Å². The average Bonchev–Trinajstić information content (AvgIpc) is 3.07. The molecule has 0 unspecified atom stereocenters. The molecule has 0 saturated heterocycles. The SMILES string of the molecule is Cc1cc(C(=O)NCCC(c2ccccc2)c2ccccc2)on1. The van der Waals surface area contributed by atoms with Crippen LogP contribution in [0.3, 0.4) is 0 Å². The van der Waals surface area contributed by atoms with Crippen LogP contribution in [0.15, 0.2) is 71.3 Å². The third-order valence-electron chi connectivity index (χ3n) is 3.97. The number of carbonyl (C=O) groups excluding carboxylic acids is 1. The second-order valence-corrected chi connectivity index (χ2v) is 5.75. The van der Waals surface area contributed by atoms with Gasteiger partial charge < -0.3 is 9.84 Å². The van der Waals surface area contributed by atoms with Crippen LogP contribution in [0.4, 0.5) is 0 Å². The first-order chi connectivity index (χ1) is 11.7. The zero-order valence-corrected chi connectivity index (χ0v) is 13.6. The summed E-state index contributed by atoms with van der Waals surface area (Å²) < 4.78 is 4.99. The van der Waals surface area contributed by atoms with E-state index < -0.39 is 0 Å². The van der Waals surface area contributed by atoms with Gasteiger partial charge in [0.05, 0.1) is 5.69 Å². The maximum Gasteiger partial charge on any atom is 0.289 e. The van der Waals surface area contributed by atoms with Crippen molar-refractivity contribution in [2.24, 2.45) is 0 Å². The summed E-state index contributed by atoms with van der Waals surface area (Å²) in [6, 6.07) is 22.3. The Labute approximate surface area is 141 Å². The Morgan fingerprint density at radius 1 is 1.04 bits per heavy atom. The minimum Gasteiger partial charge on any atom is -0.351 e. The number of aromatic nitrogens is 1. The van der Waals surface area contributed by atoms with E-state index in [9.17, 15) is 4.79 Å². The summed E-state index contributed by atoms with van der Waals surface area (Å²) in [7, 11) is 0. The molecule has 1 N–H and O–H groups in total. The first-order valence-corrected chi connectivity index (χ1v) is 8.05. The van der Waals surface area contributed by atoms with Crippen LogP contribution in [0.5, 0.6) is 0 Å². The molecule has 0 aliphatic carbocycles. The van der Waals surface area contributed by atoms with Gasteiger partial charge in [-0.3, -0.25) is 4.79 Å². The van der Waals surface area contributed by atoms with Gasteiger partial charge >= 0.3 is 0 Å². The molecule has 0 atom stereocenters. The van der Waals surface area contributed by atoms with E-state index in [1.165, 1.54) is 11.1 Å². The van der Waals surface area contributed by atoms with Gasteiger partial charge in [-0.15, -0.1) is 0 Å². The second kappa shape index (κ2) is 7.59. The summed E-state index contributed by atoms with van der Waals surface area (Å²) in [4.78, 5) is 12.1. The van der Waals surface area contributed by atoms with Gasteiger partial charge in [0, 0.05) is 18.5 Å². The number of hydrogen-bond donors (Lipinski definition) is 1. The van der Waals surface area contributed by atoms with Gasteiger partial charge in [0.25, 0.3) is 5.91 Å². The van der Waals surface area contributed by atoms with E-state index in [1.54, 1.807) is 13.0 Å². The molecule has 0 aliphatic rings. The lowest BCUT2D eigenvalue weighted by Crippen LogP contribution is -2.25. The van der Waals surface area contributed by atoms with Crippen molar-refractivity contribution in [3.8, 4) is 0 Å². The minimum atomic E-state index is -0.226. The fraction of sp³-hybridized carbons (Fsp3) is 0.200. The molecule has 0 saturated carbocycles. The number of carbonyl (C=O) groups is 1. The predicted octanol–water partition coefficient (Wildman–Crippen LogP) is 3.94. The molecular weight excluding hydrogens is 300 g/mol. The molecule has 4 nitrogen and oxygen atoms in total. The maximum absolute atomic E-state index is 12.1. The molecule has 1 amide bonds. The molecular formula is C20H20N2O2. The topological polar surface area (TPSA) is 55.1 Å². The molecule has 24 heavy (non-hydrogen) atoms. The lowest BCUT2D eigenvalue weighted by molar-refractivity contribution is 0.0916. The van der Waals surface area contributed by atoms with Crippen LogP contribution in [0.25, 0.3) is 0 Å². The van der Waals surface area contributed by atoms with Gasteiger partial charge in [-0.2, -0.15) is 0 Å². The van der Waals surface area contributed by atoms with E-state index in [0.29, 0.717) is 12.2 Å². The van der Waals surface area contributed by atoms with Crippen molar-refractivity contribution in [3.05, 3.63) is 89.3 Å². The molecule has 122 valence electrons. The Balaban J connectivity index is 1.68. The number of hydrogen-bond acceptors (Lipinski definition) is 3. The number of benzene rings is 2. The first kappa shape index (κ1) is 16.0. The van der Waals surface area contributed by atoms with Gasteiger partial charge in [-0.05, 0) is 24.5 Å². The van der Waals surface area contributed by atoms with Crippen LogP contribution in [-0.4, -0.2) is 17.6 Å². The fourth-order valence-corrected chi connectivity index (χ4v) is 2.78. The Morgan fingerprint density at radius 3 is 2.12 bits per heavy atom. The summed E-state index contributed by atoms with van der Waals surface area (Å²) in [5, 5.41) is 6.65. The summed E-state index contributed by atoms with van der Waals surface area (Å²) in [6.45, 7) is 2.36. The molecule has 3 rings (SSSR count). The van der Waals surface area contributed by atoms with Crippen LogP contribution in [0.1, 0.15) is 39.7 Å². The van der Waals surface area contributed by atoms with Gasteiger partial charge in [-0.25, -0.2) is 0 Å². The number of aryl methyl sites for hydroxylation is 1. The highest BCUT2D eigenvalue weighted by molar-refractivity contribution is 5.91. The highest BCUT2D eigenvalue weighted by Crippen LogP contribution is 2.27. The van der Waals surface area contributed by atoms with Crippen molar-refractivity contribution >= 4 is 5.91 Å². The van der Waals surface area contributed by atoms with Crippen LogP contribution < -0.4 is 5.32 Å². The van der Waals surface area contributed by atoms with Crippen molar-refractivity contribution in [2.75, 3.05) is 6.54 Å². The summed E-state index contributed by atoms with van der Waals surface area (Å²) >= 11 is 0. The van der Waals surface area contributed by atoms with E-state index in [-0.39, 0.29) is 17.6 Å². The standard InChI is InChI=1S/C20H20N2O2/c1-15-14-19(24-22-15)20(23)21-13-12-18(16-8-4-2-5-9-16)17-10-6-3-7-11-17/h2-11,14,18H,12-13H2,1H3,(H,21,23). The molecule has 0 fully saturated rings. The van der Waals surface area contributed by atoms with E-state index in [2.05, 4.69) is 34.7 Å². The Morgan fingerprint density at radius 2 is 1.62 bits per heavy atom. The largest absolute Gasteiger partial charge is 0.351 e. The van der Waals surface area contributed by atoms with Crippen LogP contribution in [0, 0.1) is 6.92 Å². The number of nitrogens with zero attached hydrogens (tertiary/aromatic N) is 1. The quantitative estimate of drug-likeness (QED) is 0.748. The Hall–Kier alpha value is -2.88. The number of amides is 1. The third-order valence-corrected chi connectivity index (χ3v) is 3.97. The van der Waals surface area contributed by atoms with Gasteiger partial charge in [0.2, 0.25) is 5.76 Å². The molecule has 3 aromatic rings. The fourth-order valence-electron chi connectivity index (χ4n) is 2.78. The number of nitrogens with one attached hydrogen (secondary N) is 1. The predicted molar refractivity (Wildman–Crippen MR) is 92.9 cm³/mol. The van der Waals surface area contributed by atoms with Gasteiger partial charge in [0.1, 0.15) is 0 Å². The zero-order chi connectivity index (χ0) is 16.8. The van der Waals surface area contributed by atoms with Crippen LogP contribution in [0.2, 0.25) is 0 Å². The third kappa shape index (κ3) is 3.90. The smallest absolute Gasteiger partial charge is 0.289 e. The van der Waals surface area contributed by atoms with Gasteiger partial charge in [0.15, 0.2) is 0 Å². The van der Waals surface area contributed by atoms with E-state index in [0.717, 1.165) is 6.42 Å². The monoisotopic (exact) mass is 320 g/mol. The highest BCUT2D eigenvalue weighted by Gasteiger charge is 2.15. The van der Waals surface area contributed by atoms with E-state index in [4.69, 9.17) is 4.52 Å². The summed E-state index contributed by atoms with van der Waals surface area (Å²) in [5.41, 5.74) is 3.19. The van der Waals surface area contributed by atoms with Crippen molar-refractivity contribution in [2.45, 2.75) is 19.3 Å². The molecule has 0 radical (unpaired) electrons. The maximum atomic E-state index is 12.1. The summed E-state index contributed by atoms with van der Waals surface area (Å²) in [5.74, 6) is 0.267. The van der Waals surface area contributed by atoms with Gasteiger partial charge in [-0.1, -0.05) is 65.8 Å². The van der Waals surface area contributed by atoms with Crippen molar-refractivity contribution < 1.29 is 9.32 Å². The molecule has 1 heterocycles. The zero-order valence-electron chi connectivity index (χ0n) is 13.6. The molecule has 1 aromatic heterocycles. The molecule has 0 aliphatic heterocycles. The molecule has 2 aromatic carbocycles. The minimum absolute atomic E-state index is 0.226. The normalized spacial score (nSPS) is 10.8. The van der Waals surface area contributed by atoms with E-state index >= 15 is 0 Å².